The first-order chi connectivity index (χ1) is 8.47. The fraction of sp³-hybridized carbons (Fsp3) is 0.643. The van der Waals surface area contributed by atoms with Gasteiger partial charge >= 0.3 is 0 Å². The molecule has 1 saturated heterocycles. The third kappa shape index (κ3) is 2.82. The monoisotopic (exact) mass is 249 g/mol. The number of aromatic amines is 1. The van der Waals surface area contributed by atoms with E-state index >= 15 is 0 Å². The molecule has 1 aromatic heterocycles. The predicted octanol–water partition coefficient (Wildman–Crippen LogP) is 1.45. The van der Waals surface area contributed by atoms with Crippen LogP contribution < -0.4 is 0 Å². The lowest BCUT2D eigenvalue weighted by Gasteiger charge is -2.37. The summed E-state index contributed by atoms with van der Waals surface area (Å²) < 4.78 is 0. The minimum absolute atomic E-state index is 0.230. The number of rotatable bonds is 3. The van der Waals surface area contributed by atoms with Crippen molar-refractivity contribution in [3.05, 3.63) is 23.0 Å². The molecule has 1 aliphatic rings. The summed E-state index contributed by atoms with van der Waals surface area (Å²) in [6.07, 6.45) is 0. The molecule has 1 fully saturated rings. The Balaban J connectivity index is 1.98. The van der Waals surface area contributed by atoms with E-state index in [1.807, 2.05) is 19.9 Å². The van der Waals surface area contributed by atoms with Gasteiger partial charge in [-0.25, -0.2) is 0 Å². The first-order valence-corrected chi connectivity index (χ1v) is 6.59. The second-order valence-electron chi connectivity index (χ2n) is 5.48. The predicted molar refractivity (Wildman–Crippen MR) is 73.1 cm³/mol. The molecular weight excluding hydrogens is 226 g/mol. The van der Waals surface area contributed by atoms with Crippen LogP contribution in [-0.4, -0.2) is 59.8 Å². The number of likely N-dealkylation sites (N-methyl/N-ethyl adjacent to an activating group) is 1. The van der Waals surface area contributed by atoms with Crippen molar-refractivity contribution in [3.8, 4) is 0 Å². The molecule has 4 nitrogen and oxygen atoms in total. The zero-order valence-electron chi connectivity index (χ0n) is 11.8. The van der Waals surface area contributed by atoms with Crippen molar-refractivity contribution in [1.82, 2.24) is 14.8 Å². The van der Waals surface area contributed by atoms with Crippen LogP contribution in [0, 0.1) is 13.8 Å². The zero-order valence-corrected chi connectivity index (χ0v) is 11.8. The van der Waals surface area contributed by atoms with Crippen LogP contribution in [0.3, 0.4) is 0 Å². The molecule has 0 amide bonds. The molecule has 0 aromatic carbocycles. The number of hydrogen-bond donors (Lipinski definition) is 1. The molecule has 1 atom stereocenters. The number of H-pyrrole nitrogens is 1. The topological polar surface area (TPSA) is 39.3 Å². The molecule has 100 valence electrons. The Hall–Kier alpha value is -1.13. The molecule has 0 spiro atoms. The highest BCUT2D eigenvalue weighted by Crippen LogP contribution is 2.13. The average molecular weight is 249 g/mol. The van der Waals surface area contributed by atoms with Crippen LogP contribution in [0.4, 0.5) is 0 Å². The van der Waals surface area contributed by atoms with Crippen LogP contribution in [0.25, 0.3) is 0 Å². The molecule has 1 aromatic rings. The molecule has 0 saturated carbocycles. The van der Waals surface area contributed by atoms with E-state index in [0.717, 1.165) is 36.6 Å². The second kappa shape index (κ2) is 5.24. The molecule has 2 rings (SSSR count). The van der Waals surface area contributed by atoms with Crippen molar-refractivity contribution >= 4 is 5.78 Å². The summed E-state index contributed by atoms with van der Waals surface area (Å²) in [5, 5.41) is 0. The highest BCUT2D eigenvalue weighted by atomic mass is 16.1. The fourth-order valence-corrected chi connectivity index (χ4v) is 2.57. The van der Waals surface area contributed by atoms with E-state index < -0.39 is 0 Å². The Morgan fingerprint density at radius 3 is 2.72 bits per heavy atom. The minimum Gasteiger partial charge on any atom is -0.362 e. The number of nitrogens with one attached hydrogen (secondary N) is 1. The van der Waals surface area contributed by atoms with Gasteiger partial charge in [-0.2, -0.15) is 0 Å². The summed E-state index contributed by atoms with van der Waals surface area (Å²) in [4.78, 5) is 20.1. The van der Waals surface area contributed by atoms with Crippen molar-refractivity contribution in [3.63, 3.8) is 0 Å². The van der Waals surface area contributed by atoms with Gasteiger partial charge in [-0.05, 0) is 33.9 Å². The lowest BCUT2D eigenvalue weighted by Crippen LogP contribution is -2.51. The van der Waals surface area contributed by atoms with Gasteiger partial charge in [-0.1, -0.05) is 0 Å². The van der Waals surface area contributed by atoms with Gasteiger partial charge in [0.2, 0.25) is 0 Å². The molecule has 0 bridgehead atoms. The van der Waals surface area contributed by atoms with Crippen molar-refractivity contribution in [2.45, 2.75) is 26.8 Å². The fourth-order valence-electron chi connectivity index (χ4n) is 2.57. The second-order valence-corrected chi connectivity index (χ2v) is 5.48. The minimum atomic E-state index is 0.230. The van der Waals surface area contributed by atoms with Crippen molar-refractivity contribution in [2.24, 2.45) is 0 Å². The van der Waals surface area contributed by atoms with Crippen LogP contribution in [0.15, 0.2) is 6.07 Å². The number of carbonyl (C=O) groups excluding carboxylic acids is 1. The van der Waals surface area contributed by atoms with Gasteiger partial charge in [0.1, 0.15) is 0 Å². The van der Waals surface area contributed by atoms with Gasteiger partial charge in [-0.3, -0.25) is 9.69 Å². The largest absolute Gasteiger partial charge is 0.362 e. The number of piperazine rings is 1. The summed E-state index contributed by atoms with van der Waals surface area (Å²) in [5.41, 5.74) is 2.89. The Bertz CT molecular complexity index is 438. The van der Waals surface area contributed by atoms with Crippen LogP contribution in [0.2, 0.25) is 0 Å². The Morgan fingerprint density at radius 2 is 2.17 bits per heavy atom. The number of nitrogens with zero attached hydrogens (tertiary/aromatic N) is 2. The smallest absolute Gasteiger partial charge is 0.178 e. The highest BCUT2D eigenvalue weighted by molar-refractivity contribution is 5.98. The Labute approximate surface area is 109 Å². The first-order valence-electron chi connectivity index (χ1n) is 6.59. The van der Waals surface area contributed by atoms with Gasteiger partial charge in [0, 0.05) is 42.6 Å². The standard InChI is InChI=1S/C14H23N3O/c1-10-7-13(12(3)15-10)14(18)9-17-6-5-16(4)11(2)8-17/h7,11,15H,5-6,8-9H2,1-4H3. The lowest BCUT2D eigenvalue weighted by atomic mass is 10.1. The maximum atomic E-state index is 12.3. The average Bonchev–Trinajstić information content (AvgIpc) is 2.63. The summed E-state index contributed by atoms with van der Waals surface area (Å²) in [7, 11) is 2.14. The van der Waals surface area contributed by atoms with Crippen LogP contribution in [-0.2, 0) is 0 Å². The molecule has 4 heteroatoms. The van der Waals surface area contributed by atoms with Crippen molar-refractivity contribution in [2.75, 3.05) is 33.2 Å². The van der Waals surface area contributed by atoms with E-state index in [0.29, 0.717) is 12.6 Å². The number of ketones is 1. The first kappa shape index (κ1) is 13.3. The normalized spacial score (nSPS) is 22.3. The molecule has 0 aliphatic carbocycles. The zero-order chi connectivity index (χ0) is 13.3. The molecule has 18 heavy (non-hydrogen) atoms. The van der Waals surface area contributed by atoms with Gasteiger partial charge in [0.05, 0.1) is 6.54 Å². The number of aryl methyl sites for hydroxylation is 2. The molecule has 1 aliphatic heterocycles. The van der Waals surface area contributed by atoms with E-state index in [1.165, 1.54) is 0 Å². The molecule has 1 unspecified atom stereocenters. The Morgan fingerprint density at radius 1 is 1.44 bits per heavy atom. The van der Waals surface area contributed by atoms with E-state index in [1.54, 1.807) is 0 Å². The maximum absolute atomic E-state index is 12.3. The highest BCUT2D eigenvalue weighted by Gasteiger charge is 2.23. The molecular formula is C14H23N3O. The van der Waals surface area contributed by atoms with Crippen LogP contribution in [0.5, 0.6) is 0 Å². The quantitative estimate of drug-likeness (QED) is 0.824. The third-order valence-electron chi connectivity index (χ3n) is 3.86. The Kier molecular flexibility index (Phi) is 3.88. The van der Waals surface area contributed by atoms with Gasteiger partial charge in [0.15, 0.2) is 5.78 Å². The number of carbonyl (C=O) groups is 1. The van der Waals surface area contributed by atoms with E-state index in [9.17, 15) is 4.79 Å². The van der Waals surface area contributed by atoms with E-state index in [4.69, 9.17) is 0 Å². The maximum Gasteiger partial charge on any atom is 0.178 e. The van der Waals surface area contributed by atoms with Crippen molar-refractivity contribution < 1.29 is 4.79 Å². The van der Waals surface area contributed by atoms with Gasteiger partial charge in [-0.15, -0.1) is 0 Å². The molecule has 0 radical (unpaired) electrons. The van der Waals surface area contributed by atoms with E-state index in [-0.39, 0.29) is 5.78 Å². The number of hydrogen-bond acceptors (Lipinski definition) is 3. The van der Waals surface area contributed by atoms with Gasteiger partial charge in [0.25, 0.3) is 0 Å². The SMILES string of the molecule is Cc1cc(C(=O)CN2CCN(C)C(C)C2)c(C)[nH]1. The summed E-state index contributed by atoms with van der Waals surface area (Å²) >= 11 is 0. The van der Waals surface area contributed by atoms with Crippen LogP contribution in [0.1, 0.15) is 28.7 Å². The van der Waals surface area contributed by atoms with E-state index in [2.05, 4.69) is 28.8 Å². The van der Waals surface area contributed by atoms with Gasteiger partial charge < -0.3 is 9.88 Å². The number of Topliss-reactive ketones (excluding diaryl/α,β-unsaturated/α-hetero) is 1. The number of aromatic nitrogens is 1. The molecule has 2 heterocycles. The summed E-state index contributed by atoms with van der Waals surface area (Å²) in [5.74, 6) is 0.230. The third-order valence-corrected chi connectivity index (χ3v) is 3.86. The van der Waals surface area contributed by atoms with Crippen molar-refractivity contribution in [1.29, 1.82) is 0 Å². The van der Waals surface area contributed by atoms with Crippen LogP contribution >= 0.6 is 0 Å². The summed E-state index contributed by atoms with van der Waals surface area (Å²) in [6.45, 7) is 9.70. The lowest BCUT2D eigenvalue weighted by molar-refractivity contribution is 0.0785. The molecule has 1 N–H and O–H groups in total. The summed E-state index contributed by atoms with van der Waals surface area (Å²) in [6, 6.07) is 2.48.